The fourth-order valence-electron chi connectivity index (χ4n) is 1.94. The summed E-state index contributed by atoms with van der Waals surface area (Å²) >= 11 is 9.46. The SMILES string of the molecule is Clc1cc(Br)cnc1C12CN1CCO2. The van der Waals surface area contributed by atoms with Gasteiger partial charge in [0.1, 0.15) is 5.69 Å². The second-order valence-electron chi connectivity index (χ2n) is 3.54. The van der Waals surface area contributed by atoms with E-state index in [4.69, 9.17) is 16.3 Å². The van der Waals surface area contributed by atoms with Crippen LogP contribution < -0.4 is 0 Å². The van der Waals surface area contributed by atoms with E-state index in [1.807, 2.05) is 6.07 Å². The Bertz CT molecular complexity index is 400. The smallest absolute Gasteiger partial charge is 0.179 e. The van der Waals surface area contributed by atoms with Crippen LogP contribution >= 0.6 is 27.5 Å². The van der Waals surface area contributed by atoms with Crippen LogP contribution in [-0.2, 0) is 10.5 Å². The van der Waals surface area contributed by atoms with E-state index in [1.165, 1.54) is 0 Å². The van der Waals surface area contributed by atoms with E-state index in [0.717, 1.165) is 29.9 Å². The van der Waals surface area contributed by atoms with Gasteiger partial charge in [-0.25, -0.2) is 0 Å². The number of morpholine rings is 1. The standard InChI is InChI=1S/C9H8BrClN2O/c10-6-3-7(11)8(12-4-6)9-5-13(9)1-2-14-9/h3-4H,1-2,5H2. The van der Waals surface area contributed by atoms with Gasteiger partial charge in [0, 0.05) is 17.2 Å². The van der Waals surface area contributed by atoms with Crippen LogP contribution in [0.25, 0.3) is 0 Å². The third kappa shape index (κ3) is 1.15. The minimum Gasteiger partial charge on any atom is -0.352 e. The molecule has 3 rings (SSSR count). The van der Waals surface area contributed by atoms with Gasteiger partial charge < -0.3 is 4.74 Å². The Kier molecular flexibility index (Phi) is 1.89. The van der Waals surface area contributed by atoms with E-state index in [1.54, 1.807) is 6.20 Å². The highest BCUT2D eigenvalue weighted by Gasteiger charge is 2.60. The summed E-state index contributed by atoms with van der Waals surface area (Å²) in [5.41, 5.74) is 0.553. The lowest BCUT2D eigenvalue weighted by Crippen LogP contribution is -2.15. The van der Waals surface area contributed by atoms with Crippen LogP contribution in [0.1, 0.15) is 5.69 Å². The zero-order valence-electron chi connectivity index (χ0n) is 7.33. The quantitative estimate of drug-likeness (QED) is 0.733. The van der Waals surface area contributed by atoms with Crippen LogP contribution in [0, 0.1) is 0 Å². The van der Waals surface area contributed by atoms with Crippen molar-refractivity contribution in [2.75, 3.05) is 19.7 Å². The molecule has 2 aliphatic heterocycles. The third-order valence-corrected chi connectivity index (χ3v) is 3.41. The van der Waals surface area contributed by atoms with Gasteiger partial charge in [0.15, 0.2) is 5.72 Å². The lowest BCUT2D eigenvalue weighted by molar-refractivity contribution is 0.0553. The van der Waals surface area contributed by atoms with Gasteiger partial charge in [0.2, 0.25) is 0 Å². The molecule has 1 aromatic rings. The second kappa shape index (κ2) is 2.92. The lowest BCUT2D eigenvalue weighted by atomic mass is 10.2. The number of hydrogen-bond acceptors (Lipinski definition) is 3. The summed E-state index contributed by atoms with van der Waals surface area (Å²) in [7, 11) is 0. The molecule has 0 aromatic carbocycles. The number of fused-ring (bicyclic) bond motifs is 1. The van der Waals surface area contributed by atoms with Crippen molar-refractivity contribution in [3.05, 3.63) is 27.5 Å². The summed E-state index contributed by atoms with van der Waals surface area (Å²) in [4.78, 5) is 6.56. The summed E-state index contributed by atoms with van der Waals surface area (Å²) in [6.07, 6.45) is 1.76. The van der Waals surface area contributed by atoms with Gasteiger partial charge in [-0.15, -0.1) is 0 Å². The normalized spacial score (nSPS) is 34.3. The van der Waals surface area contributed by atoms with Crippen LogP contribution in [0.2, 0.25) is 5.02 Å². The van der Waals surface area contributed by atoms with Gasteiger partial charge in [-0.05, 0) is 22.0 Å². The van der Waals surface area contributed by atoms with Crippen LogP contribution in [-0.4, -0.2) is 29.6 Å². The fraction of sp³-hybridized carbons (Fsp3) is 0.444. The van der Waals surface area contributed by atoms with Crippen molar-refractivity contribution in [1.82, 2.24) is 9.88 Å². The number of rotatable bonds is 1. The fourth-order valence-corrected chi connectivity index (χ4v) is 2.72. The Balaban J connectivity index is 2.05. The second-order valence-corrected chi connectivity index (χ2v) is 4.86. The molecule has 3 heterocycles. The highest BCUT2D eigenvalue weighted by molar-refractivity contribution is 9.10. The van der Waals surface area contributed by atoms with Crippen LogP contribution in [0.3, 0.4) is 0 Å². The Morgan fingerprint density at radius 1 is 1.64 bits per heavy atom. The molecule has 2 aliphatic rings. The zero-order valence-corrected chi connectivity index (χ0v) is 9.68. The van der Waals surface area contributed by atoms with E-state index in [9.17, 15) is 0 Å². The number of nitrogens with zero attached hydrogens (tertiary/aromatic N) is 2. The van der Waals surface area contributed by atoms with Crippen LogP contribution in [0.4, 0.5) is 0 Å². The minimum atomic E-state index is -0.294. The van der Waals surface area contributed by atoms with E-state index >= 15 is 0 Å². The van der Waals surface area contributed by atoms with Crippen molar-refractivity contribution in [3.63, 3.8) is 0 Å². The molecule has 2 fully saturated rings. The molecule has 0 bridgehead atoms. The highest BCUT2D eigenvalue weighted by atomic mass is 79.9. The first-order valence-electron chi connectivity index (χ1n) is 4.43. The molecule has 2 saturated heterocycles. The average molecular weight is 276 g/mol. The number of aromatic nitrogens is 1. The highest BCUT2D eigenvalue weighted by Crippen LogP contribution is 2.48. The van der Waals surface area contributed by atoms with Crippen molar-refractivity contribution >= 4 is 27.5 Å². The molecule has 0 spiro atoms. The van der Waals surface area contributed by atoms with E-state index in [2.05, 4.69) is 25.8 Å². The van der Waals surface area contributed by atoms with E-state index < -0.39 is 0 Å². The van der Waals surface area contributed by atoms with Gasteiger partial charge in [-0.3, -0.25) is 9.88 Å². The number of ether oxygens (including phenoxy) is 1. The maximum atomic E-state index is 6.13. The summed E-state index contributed by atoms with van der Waals surface area (Å²) in [5, 5.41) is 0.670. The van der Waals surface area contributed by atoms with Gasteiger partial charge in [-0.1, -0.05) is 11.6 Å². The number of pyridine rings is 1. The average Bonchev–Trinajstić information content (AvgIpc) is 2.69. The van der Waals surface area contributed by atoms with Crippen molar-refractivity contribution in [1.29, 1.82) is 0 Å². The molecule has 2 atom stereocenters. The summed E-state index contributed by atoms with van der Waals surface area (Å²) in [6, 6.07) is 1.86. The van der Waals surface area contributed by atoms with Crippen LogP contribution in [0.5, 0.6) is 0 Å². The molecule has 74 valence electrons. The molecule has 2 unspecified atom stereocenters. The molecule has 1 aromatic heterocycles. The van der Waals surface area contributed by atoms with Gasteiger partial charge in [0.05, 0.1) is 18.2 Å². The molecule has 3 nitrogen and oxygen atoms in total. The van der Waals surface area contributed by atoms with Gasteiger partial charge in [0.25, 0.3) is 0 Å². The number of hydrogen-bond donors (Lipinski definition) is 0. The Morgan fingerprint density at radius 2 is 2.50 bits per heavy atom. The first kappa shape index (κ1) is 9.09. The largest absolute Gasteiger partial charge is 0.352 e. The van der Waals surface area contributed by atoms with Crippen molar-refractivity contribution < 1.29 is 4.74 Å². The zero-order chi connectivity index (χ0) is 9.76. The predicted octanol–water partition coefficient (Wildman–Crippen LogP) is 2.00. The van der Waals surface area contributed by atoms with Crippen molar-refractivity contribution in [2.24, 2.45) is 0 Å². The first-order valence-corrected chi connectivity index (χ1v) is 5.60. The maximum Gasteiger partial charge on any atom is 0.179 e. The van der Waals surface area contributed by atoms with E-state index in [0.29, 0.717) is 5.02 Å². The van der Waals surface area contributed by atoms with Gasteiger partial charge >= 0.3 is 0 Å². The Labute approximate surface area is 95.1 Å². The summed E-state index contributed by atoms with van der Waals surface area (Å²) < 4.78 is 6.58. The molecule has 0 radical (unpaired) electrons. The summed E-state index contributed by atoms with van der Waals surface area (Å²) in [6.45, 7) is 2.67. The van der Waals surface area contributed by atoms with Crippen molar-refractivity contribution in [3.8, 4) is 0 Å². The molecule has 14 heavy (non-hydrogen) atoms. The molecular weight excluding hydrogens is 267 g/mol. The minimum absolute atomic E-state index is 0.294. The van der Waals surface area contributed by atoms with E-state index in [-0.39, 0.29) is 5.72 Å². The molecule has 0 amide bonds. The Morgan fingerprint density at radius 3 is 3.07 bits per heavy atom. The molecule has 0 saturated carbocycles. The predicted molar refractivity (Wildman–Crippen MR) is 56.2 cm³/mol. The molecule has 0 N–H and O–H groups in total. The van der Waals surface area contributed by atoms with Crippen LogP contribution in [0.15, 0.2) is 16.7 Å². The first-order chi connectivity index (χ1) is 6.72. The number of halogens is 2. The molecule has 5 heteroatoms. The molecular formula is C9H8BrClN2O. The summed E-state index contributed by atoms with van der Waals surface area (Å²) in [5.74, 6) is 0. The molecule has 0 aliphatic carbocycles. The Hall–Kier alpha value is -0.160. The monoisotopic (exact) mass is 274 g/mol. The van der Waals surface area contributed by atoms with Gasteiger partial charge in [-0.2, -0.15) is 0 Å². The lowest BCUT2D eigenvalue weighted by Gasteiger charge is -2.11. The maximum absolute atomic E-state index is 6.13. The third-order valence-electron chi connectivity index (χ3n) is 2.69. The topological polar surface area (TPSA) is 25.1 Å². The van der Waals surface area contributed by atoms with Crippen molar-refractivity contribution in [2.45, 2.75) is 5.72 Å².